The smallest absolute Gasteiger partial charge is 0.360 e. The molecule has 0 bridgehead atoms. The minimum absolute atomic E-state index is 0.0276. The highest BCUT2D eigenvalue weighted by Gasteiger charge is 2.27. The van der Waals surface area contributed by atoms with Crippen LogP contribution in [0.4, 0.5) is 0 Å². The number of ether oxygens (including phenoxy) is 2. The van der Waals surface area contributed by atoms with E-state index >= 15 is 0 Å². The normalized spacial score (nSPS) is 17.8. The molecule has 1 N–H and O–H groups in total. The number of rotatable bonds is 4. The molecule has 4 aromatic rings. The quantitative estimate of drug-likeness (QED) is 0.474. The number of para-hydroxylation sites is 2. The van der Waals surface area contributed by atoms with Crippen molar-refractivity contribution in [3.8, 4) is 5.82 Å². The van der Waals surface area contributed by atoms with E-state index in [9.17, 15) is 9.59 Å². The highest BCUT2D eigenvalue weighted by atomic mass is 16.5. The number of imidazole rings is 1. The Hall–Kier alpha value is -3.57. The van der Waals surface area contributed by atoms with E-state index in [2.05, 4.69) is 25.3 Å². The number of methoxy groups -OCH3 is 1. The van der Waals surface area contributed by atoms with Crippen LogP contribution in [0.2, 0.25) is 0 Å². The van der Waals surface area contributed by atoms with Crippen LogP contribution >= 0.6 is 0 Å². The van der Waals surface area contributed by atoms with Crippen molar-refractivity contribution >= 4 is 22.5 Å². The maximum Gasteiger partial charge on any atom is 0.360 e. The molecule has 0 amide bonds. The Balaban J connectivity index is 1.74. The standard InChI is InChI=1S/C20H21N7O4/c1-12(16-9-21-7-8-31-16)27-15-6-4-3-5-14(15)25-11-22-18(17(25)19(27)28)26-10-13(23-24-26)20(29)30-2/h3-6,10-12,16,21H,7-9H2,1-2H3. The Bertz CT molecular complexity index is 1330. The van der Waals surface area contributed by atoms with Gasteiger partial charge in [-0.15, -0.1) is 5.10 Å². The first kappa shape index (κ1) is 19.4. The zero-order valence-corrected chi connectivity index (χ0v) is 17.1. The van der Waals surface area contributed by atoms with Gasteiger partial charge in [0.05, 0.1) is 43.1 Å². The highest BCUT2D eigenvalue weighted by Crippen LogP contribution is 2.24. The van der Waals surface area contributed by atoms with E-state index in [4.69, 9.17) is 4.74 Å². The van der Waals surface area contributed by atoms with E-state index in [1.807, 2.05) is 31.2 Å². The van der Waals surface area contributed by atoms with Gasteiger partial charge < -0.3 is 14.8 Å². The Morgan fingerprint density at radius 3 is 2.87 bits per heavy atom. The zero-order chi connectivity index (χ0) is 21.5. The molecule has 1 saturated heterocycles. The Kier molecular flexibility index (Phi) is 4.75. The van der Waals surface area contributed by atoms with E-state index in [-0.39, 0.29) is 29.2 Å². The van der Waals surface area contributed by atoms with Crippen molar-refractivity contribution in [1.82, 2.24) is 34.3 Å². The van der Waals surface area contributed by atoms with Gasteiger partial charge in [-0.1, -0.05) is 17.3 Å². The van der Waals surface area contributed by atoms with Gasteiger partial charge in [-0.2, -0.15) is 4.68 Å². The summed E-state index contributed by atoms with van der Waals surface area (Å²) in [5, 5.41) is 11.1. The molecule has 0 radical (unpaired) electrons. The van der Waals surface area contributed by atoms with E-state index in [1.54, 1.807) is 15.3 Å². The number of morpholine rings is 1. The predicted octanol–water partition coefficient (Wildman–Crippen LogP) is 0.566. The summed E-state index contributed by atoms with van der Waals surface area (Å²) in [6, 6.07) is 7.42. The molecule has 160 valence electrons. The lowest BCUT2D eigenvalue weighted by atomic mass is 10.1. The number of esters is 1. The lowest BCUT2D eigenvalue weighted by molar-refractivity contribution is -0.000107. The number of nitrogens with zero attached hydrogens (tertiary/aromatic N) is 6. The van der Waals surface area contributed by atoms with Gasteiger partial charge in [0.25, 0.3) is 5.56 Å². The third kappa shape index (κ3) is 3.09. The lowest BCUT2D eigenvalue weighted by Gasteiger charge is -2.30. The minimum Gasteiger partial charge on any atom is -0.464 e. The number of carbonyl (C=O) groups excluding carboxylic acids is 1. The van der Waals surface area contributed by atoms with Crippen molar-refractivity contribution < 1.29 is 14.3 Å². The van der Waals surface area contributed by atoms with Crippen LogP contribution in [0.3, 0.4) is 0 Å². The van der Waals surface area contributed by atoms with Gasteiger partial charge in [-0.25, -0.2) is 9.78 Å². The predicted molar refractivity (Wildman–Crippen MR) is 111 cm³/mol. The molecule has 11 nitrogen and oxygen atoms in total. The van der Waals surface area contributed by atoms with Crippen molar-refractivity contribution in [2.24, 2.45) is 0 Å². The maximum absolute atomic E-state index is 13.8. The summed E-state index contributed by atoms with van der Waals surface area (Å²) in [7, 11) is 1.27. The molecule has 0 spiro atoms. The molecule has 0 aliphatic carbocycles. The average molecular weight is 423 g/mol. The molecule has 1 fully saturated rings. The van der Waals surface area contributed by atoms with Gasteiger partial charge in [0.15, 0.2) is 17.0 Å². The van der Waals surface area contributed by atoms with Crippen LogP contribution in [0.5, 0.6) is 0 Å². The average Bonchev–Trinajstić information content (AvgIpc) is 3.47. The summed E-state index contributed by atoms with van der Waals surface area (Å²) in [4.78, 5) is 29.9. The monoisotopic (exact) mass is 423 g/mol. The fraction of sp³-hybridized carbons (Fsp3) is 0.350. The zero-order valence-electron chi connectivity index (χ0n) is 17.1. The van der Waals surface area contributed by atoms with Crippen LogP contribution in [0.25, 0.3) is 22.4 Å². The van der Waals surface area contributed by atoms with E-state index < -0.39 is 5.97 Å². The van der Waals surface area contributed by atoms with Gasteiger partial charge in [0.1, 0.15) is 6.33 Å². The second kappa shape index (κ2) is 7.60. The molecule has 4 heterocycles. The summed E-state index contributed by atoms with van der Waals surface area (Å²) >= 11 is 0. The fourth-order valence-corrected chi connectivity index (χ4v) is 4.01. The number of hydrogen-bond donors (Lipinski definition) is 1. The first-order valence-electron chi connectivity index (χ1n) is 9.94. The number of fused-ring (bicyclic) bond motifs is 3. The van der Waals surface area contributed by atoms with E-state index in [0.717, 1.165) is 17.6 Å². The molecular weight excluding hydrogens is 402 g/mol. The molecule has 2 atom stereocenters. The molecule has 2 unspecified atom stereocenters. The first-order valence-corrected chi connectivity index (χ1v) is 9.94. The minimum atomic E-state index is -0.617. The lowest BCUT2D eigenvalue weighted by Crippen LogP contribution is -2.44. The number of benzene rings is 1. The van der Waals surface area contributed by atoms with Crippen LogP contribution in [-0.2, 0) is 9.47 Å². The van der Waals surface area contributed by atoms with E-state index in [0.29, 0.717) is 18.7 Å². The summed E-state index contributed by atoms with van der Waals surface area (Å²) in [6.45, 7) is 4.02. The Labute approximate surface area is 176 Å². The fourth-order valence-electron chi connectivity index (χ4n) is 4.01. The first-order chi connectivity index (χ1) is 15.1. The Morgan fingerprint density at radius 1 is 1.32 bits per heavy atom. The van der Waals surface area contributed by atoms with Crippen molar-refractivity contribution in [3.05, 3.63) is 52.8 Å². The largest absolute Gasteiger partial charge is 0.464 e. The molecule has 5 rings (SSSR count). The van der Waals surface area contributed by atoms with Crippen LogP contribution in [0, 0.1) is 0 Å². The molecular formula is C20H21N7O4. The van der Waals surface area contributed by atoms with Crippen molar-refractivity contribution in [2.45, 2.75) is 19.1 Å². The van der Waals surface area contributed by atoms with Crippen molar-refractivity contribution in [1.29, 1.82) is 0 Å². The van der Waals surface area contributed by atoms with Crippen LogP contribution < -0.4 is 10.9 Å². The second-order valence-corrected chi connectivity index (χ2v) is 7.34. The van der Waals surface area contributed by atoms with Crippen molar-refractivity contribution in [3.63, 3.8) is 0 Å². The Morgan fingerprint density at radius 2 is 2.13 bits per heavy atom. The summed E-state index contributed by atoms with van der Waals surface area (Å²) in [5.41, 5.74) is 1.72. The summed E-state index contributed by atoms with van der Waals surface area (Å²) in [6.07, 6.45) is 2.81. The van der Waals surface area contributed by atoms with Gasteiger partial charge in [0.2, 0.25) is 0 Å². The van der Waals surface area contributed by atoms with Crippen molar-refractivity contribution in [2.75, 3.05) is 26.8 Å². The summed E-state index contributed by atoms with van der Waals surface area (Å²) in [5.74, 6) is -0.338. The molecule has 1 aliphatic heterocycles. The number of hydrogen-bond acceptors (Lipinski definition) is 8. The molecule has 3 aromatic heterocycles. The van der Waals surface area contributed by atoms with Crippen LogP contribution in [-0.4, -0.2) is 67.8 Å². The molecule has 0 saturated carbocycles. The van der Waals surface area contributed by atoms with Gasteiger partial charge in [-0.05, 0) is 19.1 Å². The van der Waals surface area contributed by atoms with E-state index in [1.165, 1.54) is 18.0 Å². The number of aromatic nitrogens is 6. The third-order valence-electron chi connectivity index (χ3n) is 5.58. The number of nitrogens with one attached hydrogen (secondary N) is 1. The second-order valence-electron chi connectivity index (χ2n) is 7.34. The molecule has 1 aliphatic rings. The van der Waals surface area contributed by atoms with Gasteiger partial charge in [0, 0.05) is 13.1 Å². The number of carbonyl (C=O) groups is 1. The maximum atomic E-state index is 13.8. The van der Waals surface area contributed by atoms with Crippen LogP contribution in [0.15, 0.2) is 41.6 Å². The highest BCUT2D eigenvalue weighted by molar-refractivity contribution is 5.87. The van der Waals surface area contributed by atoms with Gasteiger partial charge >= 0.3 is 5.97 Å². The molecule has 1 aromatic carbocycles. The van der Waals surface area contributed by atoms with Crippen LogP contribution in [0.1, 0.15) is 23.5 Å². The molecule has 11 heteroatoms. The SMILES string of the molecule is COC(=O)c1cn(-c2ncn3c2c(=O)n(C(C)C2CNCCO2)c2ccccc23)nn1. The topological polar surface area (TPSA) is 118 Å². The van der Waals surface area contributed by atoms with Gasteiger partial charge in [-0.3, -0.25) is 13.8 Å². The third-order valence-corrected chi connectivity index (χ3v) is 5.58. The summed E-state index contributed by atoms with van der Waals surface area (Å²) < 4.78 is 15.4. The molecule has 31 heavy (non-hydrogen) atoms.